The van der Waals surface area contributed by atoms with Crippen LogP contribution in [-0.2, 0) is 26.2 Å². The molecule has 0 saturated heterocycles. The van der Waals surface area contributed by atoms with E-state index in [1.165, 1.54) is 4.90 Å². The van der Waals surface area contributed by atoms with Crippen molar-refractivity contribution in [1.29, 1.82) is 0 Å². The summed E-state index contributed by atoms with van der Waals surface area (Å²) in [5.41, 5.74) is 0.855. The Morgan fingerprint density at radius 2 is 1.64 bits per heavy atom. The second kappa shape index (κ2) is 12.8. The van der Waals surface area contributed by atoms with Gasteiger partial charge in [0.15, 0.2) is 0 Å². The van der Waals surface area contributed by atoms with Gasteiger partial charge < -0.3 is 10.2 Å². The Balaban J connectivity index is 1.91. The van der Waals surface area contributed by atoms with E-state index in [0.29, 0.717) is 21.3 Å². The minimum absolute atomic E-state index is 0.0408. The maximum atomic E-state index is 13.7. The largest absolute Gasteiger partial charge is 0.352 e. The molecule has 0 aliphatic heterocycles. The number of nitrogens with one attached hydrogen (secondary N) is 1. The third-order valence-corrected chi connectivity index (χ3v) is 8.87. The second-order valence-electron chi connectivity index (χ2n) is 8.99. The van der Waals surface area contributed by atoms with Gasteiger partial charge in [-0.25, -0.2) is 8.42 Å². The van der Waals surface area contributed by atoms with Crippen LogP contribution < -0.4 is 9.62 Å². The lowest BCUT2D eigenvalue weighted by atomic mass is 9.95. The van der Waals surface area contributed by atoms with Crippen molar-refractivity contribution < 1.29 is 18.0 Å². The second-order valence-corrected chi connectivity index (χ2v) is 13.0. The number of hydrogen-bond donors (Lipinski definition) is 1. The number of anilines is 1. The summed E-state index contributed by atoms with van der Waals surface area (Å²) < 4.78 is 27.2. The summed E-state index contributed by atoms with van der Waals surface area (Å²) in [6.45, 7) is 1.12. The van der Waals surface area contributed by atoms with Crippen LogP contribution in [0.3, 0.4) is 0 Å². The first kappa shape index (κ1) is 29.0. The van der Waals surface area contributed by atoms with Gasteiger partial charge in [0.25, 0.3) is 0 Å². The van der Waals surface area contributed by atoms with Crippen LogP contribution in [0.2, 0.25) is 10.0 Å². The van der Waals surface area contributed by atoms with Gasteiger partial charge in [0, 0.05) is 31.8 Å². The van der Waals surface area contributed by atoms with Crippen molar-refractivity contribution in [2.75, 3.05) is 17.1 Å². The third-order valence-electron chi connectivity index (χ3n) is 6.30. The molecule has 1 N–H and O–H groups in total. The van der Waals surface area contributed by atoms with E-state index >= 15 is 0 Å². The Kier molecular flexibility index (Phi) is 10.3. The van der Waals surface area contributed by atoms with E-state index in [0.717, 1.165) is 46.2 Å². The lowest BCUT2D eigenvalue weighted by Crippen LogP contribution is -2.53. The van der Waals surface area contributed by atoms with Crippen LogP contribution >= 0.6 is 45.8 Å². The van der Waals surface area contributed by atoms with Gasteiger partial charge in [0.1, 0.15) is 12.6 Å². The number of rotatable bonds is 9. The minimum atomic E-state index is -3.79. The van der Waals surface area contributed by atoms with Crippen LogP contribution in [0.4, 0.5) is 5.69 Å². The number of hydrogen-bond acceptors (Lipinski definition) is 4. The van der Waals surface area contributed by atoms with E-state index in [9.17, 15) is 18.0 Å². The van der Waals surface area contributed by atoms with Crippen molar-refractivity contribution in [2.24, 2.45) is 0 Å². The van der Waals surface area contributed by atoms with Crippen molar-refractivity contribution in [3.05, 3.63) is 61.6 Å². The van der Waals surface area contributed by atoms with Crippen molar-refractivity contribution in [3.63, 3.8) is 0 Å². The average molecular weight is 666 g/mol. The van der Waals surface area contributed by atoms with Gasteiger partial charge in [-0.1, -0.05) is 48.5 Å². The normalized spacial score (nSPS) is 15.2. The molecule has 0 aromatic heterocycles. The molecular weight excluding hydrogens is 636 g/mol. The van der Waals surface area contributed by atoms with Crippen LogP contribution in [-0.4, -0.2) is 50.0 Å². The Labute approximate surface area is 236 Å². The number of nitrogens with zero attached hydrogens (tertiary/aromatic N) is 2. The summed E-state index contributed by atoms with van der Waals surface area (Å²) in [7, 11) is -3.79. The molecule has 0 bridgehead atoms. The van der Waals surface area contributed by atoms with Crippen LogP contribution in [0, 0.1) is 3.57 Å². The molecule has 2 amide bonds. The molecule has 1 aliphatic carbocycles. The van der Waals surface area contributed by atoms with Crippen molar-refractivity contribution >= 4 is 73.3 Å². The van der Waals surface area contributed by atoms with Gasteiger partial charge in [-0.05, 0) is 78.8 Å². The van der Waals surface area contributed by atoms with E-state index < -0.39 is 28.5 Å². The first-order valence-electron chi connectivity index (χ1n) is 11.7. The third kappa shape index (κ3) is 7.72. The summed E-state index contributed by atoms with van der Waals surface area (Å²) in [5, 5.41) is 3.78. The molecule has 2 aromatic rings. The SMILES string of the molecule is CC(C(=O)NC1CCCCC1)N(Cc1c(Cl)cccc1Cl)C(=O)CN(c1ccc(I)cc1)S(C)(=O)=O. The van der Waals surface area contributed by atoms with Crippen LogP contribution in [0.1, 0.15) is 44.6 Å². The van der Waals surface area contributed by atoms with Gasteiger partial charge in [-0.3, -0.25) is 13.9 Å². The molecule has 0 spiro atoms. The predicted molar refractivity (Wildman–Crippen MR) is 153 cm³/mol. The maximum absolute atomic E-state index is 13.7. The Morgan fingerprint density at radius 3 is 2.19 bits per heavy atom. The molecule has 1 aliphatic rings. The van der Waals surface area contributed by atoms with Crippen molar-refractivity contribution in [3.8, 4) is 0 Å². The highest BCUT2D eigenvalue weighted by Crippen LogP contribution is 2.27. The van der Waals surface area contributed by atoms with Crippen molar-refractivity contribution in [2.45, 2.75) is 57.7 Å². The molecule has 196 valence electrons. The summed E-state index contributed by atoms with van der Waals surface area (Å²) in [6.07, 6.45) is 6.10. The minimum Gasteiger partial charge on any atom is -0.352 e. The first-order valence-corrected chi connectivity index (χ1v) is 15.4. The highest BCUT2D eigenvalue weighted by molar-refractivity contribution is 14.1. The van der Waals surface area contributed by atoms with Crippen molar-refractivity contribution in [1.82, 2.24) is 10.2 Å². The predicted octanol–water partition coefficient (Wildman–Crippen LogP) is 5.23. The lowest BCUT2D eigenvalue weighted by Gasteiger charge is -2.33. The van der Waals surface area contributed by atoms with E-state index in [-0.39, 0.29) is 18.5 Å². The van der Waals surface area contributed by atoms with E-state index in [1.54, 1.807) is 49.4 Å². The standard InChI is InChI=1S/C25H30Cl2IN3O4S/c1-17(25(33)29-19-7-4-3-5-8-19)30(15-21-22(26)9-6-10-23(21)27)24(32)16-31(36(2,34)35)20-13-11-18(28)12-14-20/h6,9-14,17,19H,3-5,7-8,15-16H2,1-2H3,(H,29,33). The quantitative estimate of drug-likeness (QED) is 0.372. The number of amides is 2. The fourth-order valence-electron chi connectivity index (χ4n) is 4.23. The zero-order valence-corrected chi connectivity index (χ0v) is 24.7. The number of halogens is 3. The maximum Gasteiger partial charge on any atom is 0.244 e. The fraction of sp³-hybridized carbons (Fsp3) is 0.440. The number of carbonyl (C=O) groups is 2. The molecule has 3 rings (SSSR count). The van der Waals surface area contributed by atoms with Crippen LogP contribution in [0.5, 0.6) is 0 Å². The summed E-state index contributed by atoms with van der Waals surface area (Å²) in [4.78, 5) is 28.2. The summed E-state index contributed by atoms with van der Waals surface area (Å²) >= 11 is 14.9. The molecule has 1 fully saturated rings. The molecule has 11 heteroatoms. The van der Waals surface area contributed by atoms with Gasteiger partial charge in [0.05, 0.1) is 11.9 Å². The Hall–Kier alpha value is -1.56. The average Bonchev–Trinajstić information content (AvgIpc) is 2.82. The van der Waals surface area contributed by atoms with Gasteiger partial charge >= 0.3 is 0 Å². The highest BCUT2D eigenvalue weighted by Gasteiger charge is 2.32. The highest BCUT2D eigenvalue weighted by atomic mass is 127. The lowest BCUT2D eigenvalue weighted by molar-refractivity contribution is -0.139. The smallest absolute Gasteiger partial charge is 0.244 e. The summed E-state index contributed by atoms with van der Waals surface area (Å²) in [6, 6.07) is 11.0. The zero-order valence-electron chi connectivity index (χ0n) is 20.2. The topological polar surface area (TPSA) is 86.8 Å². The van der Waals surface area contributed by atoms with E-state index in [4.69, 9.17) is 23.2 Å². The monoisotopic (exact) mass is 665 g/mol. The number of benzene rings is 2. The fourth-order valence-corrected chi connectivity index (χ4v) is 5.95. The molecular formula is C25H30Cl2IN3O4S. The molecule has 1 saturated carbocycles. The van der Waals surface area contributed by atoms with Crippen LogP contribution in [0.25, 0.3) is 0 Å². The molecule has 1 atom stereocenters. The molecule has 36 heavy (non-hydrogen) atoms. The van der Waals surface area contributed by atoms with Crippen LogP contribution in [0.15, 0.2) is 42.5 Å². The number of carbonyl (C=O) groups excluding carboxylic acids is 2. The van der Waals surface area contributed by atoms with Gasteiger partial charge in [-0.15, -0.1) is 0 Å². The Bertz CT molecular complexity index is 1170. The van der Waals surface area contributed by atoms with Gasteiger partial charge in [-0.2, -0.15) is 0 Å². The van der Waals surface area contributed by atoms with Gasteiger partial charge in [0.2, 0.25) is 21.8 Å². The molecule has 0 radical (unpaired) electrons. The summed E-state index contributed by atoms with van der Waals surface area (Å²) in [5.74, 6) is -0.833. The van der Waals surface area contributed by atoms with E-state index in [1.807, 2.05) is 0 Å². The zero-order chi connectivity index (χ0) is 26.5. The molecule has 1 unspecified atom stereocenters. The molecule has 2 aromatic carbocycles. The first-order chi connectivity index (χ1) is 17.0. The number of sulfonamides is 1. The van der Waals surface area contributed by atoms with E-state index in [2.05, 4.69) is 27.9 Å². The molecule has 7 nitrogen and oxygen atoms in total. The molecule has 0 heterocycles. The Morgan fingerprint density at radius 1 is 1.06 bits per heavy atom.